The molecule has 0 atom stereocenters. The Labute approximate surface area is 256 Å². The van der Waals surface area contributed by atoms with Crippen molar-refractivity contribution in [2.45, 2.75) is 25.9 Å². The number of amidine groups is 1. The number of fused-ring (bicyclic) bond motifs is 1. The van der Waals surface area contributed by atoms with Crippen LogP contribution in [0.1, 0.15) is 22.3 Å². The second-order valence-electron chi connectivity index (χ2n) is 10.3. The van der Waals surface area contributed by atoms with E-state index in [0.29, 0.717) is 35.0 Å². The van der Waals surface area contributed by atoms with Gasteiger partial charge in [0.1, 0.15) is 6.61 Å². The average molecular weight is 599 g/mol. The summed E-state index contributed by atoms with van der Waals surface area (Å²) in [6.45, 7) is 4.07. The van der Waals surface area contributed by atoms with Gasteiger partial charge in [0.2, 0.25) is 0 Å². The quantitative estimate of drug-likeness (QED) is 0.0748. The van der Waals surface area contributed by atoms with Crippen LogP contribution >= 0.6 is 0 Å². The fourth-order valence-electron chi connectivity index (χ4n) is 5.07. The summed E-state index contributed by atoms with van der Waals surface area (Å²) in [5.74, 6) is 2.67. The Balaban J connectivity index is 1.14. The molecule has 2 heterocycles. The minimum absolute atomic E-state index is 0.124. The van der Waals surface area contributed by atoms with Gasteiger partial charge in [0.05, 0.1) is 39.9 Å². The number of benzene rings is 3. The number of methoxy groups -OCH3 is 3. The molecule has 1 aliphatic heterocycles. The summed E-state index contributed by atoms with van der Waals surface area (Å²) in [7, 11) is 4.76. The smallest absolute Gasteiger partial charge is 0.162 e. The molecule has 0 spiro atoms. The molecule has 3 aromatic carbocycles. The topological polar surface area (TPSA) is 147 Å². The van der Waals surface area contributed by atoms with Gasteiger partial charge in [0.15, 0.2) is 28.8 Å². The van der Waals surface area contributed by atoms with Gasteiger partial charge in [-0.15, -0.1) is 10.2 Å². The summed E-state index contributed by atoms with van der Waals surface area (Å²) in [6.07, 6.45) is 7.36. The number of nitrogens with two attached hydrogens (primary N) is 2. The van der Waals surface area contributed by atoms with E-state index in [2.05, 4.69) is 49.6 Å². The Morgan fingerprint density at radius 2 is 1.64 bits per heavy atom. The highest BCUT2D eigenvalue weighted by Gasteiger charge is 2.20. The third-order valence-electron chi connectivity index (χ3n) is 7.54. The highest BCUT2D eigenvalue weighted by molar-refractivity contribution is 6.02. The minimum atomic E-state index is 0.124. The summed E-state index contributed by atoms with van der Waals surface area (Å²) in [4.78, 5) is 6.55. The molecule has 44 heavy (non-hydrogen) atoms. The van der Waals surface area contributed by atoms with Crippen molar-refractivity contribution in [2.24, 2.45) is 21.2 Å². The Bertz CT molecular complexity index is 1600. The molecule has 0 bridgehead atoms. The lowest BCUT2D eigenvalue weighted by Crippen LogP contribution is -2.32. The van der Waals surface area contributed by atoms with E-state index in [0.717, 1.165) is 50.5 Å². The van der Waals surface area contributed by atoms with Crippen molar-refractivity contribution < 1.29 is 18.9 Å². The van der Waals surface area contributed by atoms with Crippen molar-refractivity contribution >= 4 is 17.2 Å². The van der Waals surface area contributed by atoms with Gasteiger partial charge < -0.3 is 35.0 Å². The first kappa shape index (κ1) is 30.4. The minimum Gasteiger partial charge on any atom is -0.493 e. The largest absolute Gasteiger partial charge is 0.493 e. The molecule has 12 nitrogen and oxygen atoms in total. The highest BCUT2D eigenvalue weighted by Crippen LogP contribution is 2.34. The number of anilines is 1. The van der Waals surface area contributed by atoms with Gasteiger partial charge in [-0.3, -0.25) is 4.90 Å². The number of ether oxygens (including phenoxy) is 4. The lowest BCUT2D eigenvalue weighted by molar-refractivity contribution is 0.252. The van der Waals surface area contributed by atoms with Crippen LogP contribution in [0.25, 0.3) is 0 Å². The zero-order valence-corrected chi connectivity index (χ0v) is 25.3. The average Bonchev–Trinajstić information content (AvgIpc) is 3.57. The van der Waals surface area contributed by atoms with Crippen LogP contribution < -0.4 is 30.4 Å². The van der Waals surface area contributed by atoms with Crippen LogP contribution in [0.3, 0.4) is 0 Å². The van der Waals surface area contributed by atoms with Crippen LogP contribution in [0.15, 0.2) is 82.7 Å². The molecule has 12 heteroatoms. The van der Waals surface area contributed by atoms with E-state index >= 15 is 0 Å². The number of hydrogen-bond donors (Lipinski definition) is 2. The summed E-state index contributed by atoms with van der Waals surface area (Å²) < 4.78 is 24.3. The van der Waals surface area contributed by atoms with Crippen LogP contribution in [0.4, 0.5) is 11.4 Å². The number of nitrogens with zero attached hydrogens (tertiary/aromatic N) is 6. The Kier molecular flexibility index (Phi) is 9.92. The van der Waals surface area contributed by atoms with Crippen molar-refractivity contribution in [1.29, 1.82) is 0 Å². The molecule has 0 unspecified atom stereocenters. The maximum atomic E-state index is 6.10. The van der Waals surface area contributed by atoms with Crippen LogP contribution in [-0.4, -0.2) is 61.3 Å². The number of aromatic nitrogens is 2. The molecule has 0 saturated carbocycles. The van der Waals surface area contributed by atoms with Crippen LogP contribution in [0.5, 0.6) is 23.0 Å². The molecule has 0 aliphatic carbocycles. The van der Waals surface area contributed by atoms with E-state index < -0.39 is 0 Å². The summed E-state index contributed by atoms with van der Waals surface area (Å²) in [5.41, 5.74) is 17.6. The molecule has 0 radical (unpaired) electrons. The first-order chi connectivity index (χ1) is 21.5. The van der Waals surface area contributed by atoms with Crippen molar-refractivity contribution in [3.8, 4) is 23.0 Å². The van der Waals surface area contributed by atoms with Gasteiger partial charge in [-0.1, -0.05) is 12.1 Å². The number of rotatable bonds is 13. The molecule has 4 N–H and O–H groups in total. The van der Waals surface area contributed by atoms with E-state index in [9.17, 15) is 0 Å². The molecule has 0 saturated heterocycles. The Morgan fingerprint density at radius 3 is 2.36 bits per heavy atom. The normalized spacial score (nSPS) is 13.6. The van der Waals surface area contributed by atoms with Gasteiger partial charge in [-0.25, -0.2) is 4.98 Å². The maximum Gasteiger partial charge on any atom is 0.162 e. The van der Waals surface area contributed by atoms with Gasteiger partial charge in [0, 0.05) is 49.3 Å². The zero-order chi connectivity index (χ0) is 30.9. The van der Waals surface area contributed by atoms with E-state index in [-0.39, 0.29) is 5.84 Å². The van der Waals surface area contributed by atoms with Crippen molar-refractivity contribution in [2.75, 3.05) is 46.8 Å². The van der Waals surface area contributed by atoms with Crippen LogP contribution in [-0.2, 0) is 25.9 Å². The third-order valence-corrected chi connectivity index (χ3v) is 7.54. The molecular formula is C32H38N8O4. The molecule has 230 valence electrons. The molecule has 0 fully saturated rings. The van der Waals surface area contributed by atoms with Gasteiger partial charge in [-0.2, -0.15) is 0 Å². The summed E-state index contributed by atoms with van der Waals surface area (Å²) in [5, 5.41) is 12.1. The third kappa shape index (κ3) is 7.45. The fraction of sp³-hybridized carbons (Fsp3) is 0.312. The molecule has 0 amide bonds. The Hall–Kier alpha value is -5.10. The molecule has 1 aliphatic rings. The number of imidazole rings is 1. The maximum absolute atomic E-state index is 6.10. The van der Waals surface area contributed by atoms with Gasteiger partial charge >= 0.3 is 0 Å². The lowest BCUT2D eigenvalue weighted by atomic mass is 9.98. The van der Waals surface area contributed by atoms with E-state index in [1.165, 1.54) is 30.9 Å². The second-order valence-corrected chi connectivity index (χ2v) is 10.3. The van der Waals surface area contributed by atoms with E-state index in [1.807, 2.05) is 22.9 Å². The fourth-order valence-corrected chi connectivity index (χ4v) is 5.07. The number of hydrogen-bond acceptors (Lipinski definition) is 9. The second kappa shape index (κ2) is 14.4. The zero-order valence-electron chi connectivity index (χ0n) is 25.3. The van der Waals surface area contributed by atoms with Crippen molar-refractivity contribution in [1.82, 2.24) is 14.5 Å². The van der Waals surface area contributed by atoms with Crippen molar-refractivity contribution in [3.05, 3.63) is 89.5 Å². The monoisotopic (exact) mass is 598 g/mol. The SMILES string of the molecule is COc1cc(N)c(C(N)=NN=Nc2ccc(CCN3CCc4cc(OC)c(OCCn5ccnc5)cc4C3)cc2)cc1OC. The number of nitrogen functional groups attached to an aromatic ring is 1. The lowest BCUT2D eigenvalue weighted by Gasteiger charge is -2.29. The first-order valence-corrected chi connectivity index (χ1v) is 14.3. The molecule has 4 aromatic rings. The molecule has 1 aromatic heterocycles. The van der Waals surface area contributed by atoms with Gasteiger partial charge in [0.25, 0.3) is 0 Å². The summed E-state index contributed by atoms with van der Waals surface area (Å²) in [6, 6.07) is 15.5. The van der Waals surface area contributed by atoms with Crippen LogP contribution in [0, 0.1) is 0 Å². The Morgan fingerprint density at radius 1 is 0.909 bits per heavy atom. The first-order valence-electron chi connectivity index (χ1n) is 14.3. The molecule has 5 rings (SSSR count). The van der Waals surface area contributed by atoms with E-state index in [4.69, 9.17) is 30.4 Å². The summed E-state index contributed by atoms with van der Waals surface area (Å²) >= 11 is 0. The highest BCUT2D eigenvalue weighted by atomic mass is 16.5. The predicted octanol–water partition coefficient (Wildman–Crippen LogP) is 4.58. The van der Waals surface area contributed by atoms with E-state index in [1.54, 1.807) is 31.8 Å². The van der Waals surface area contributed by atoms with Crippen LogP contribution in [0.2, 0.25) is 0 Å². The molecular weight excluding hydrogens is 560 g/mol. The van der Waals surface area contributed by atoms with Crippen molar-refractivity contribution in [3.63, 3.8) is 0 Å². The predicted molar refractivity (Wildman–Crippen MR) is 169 cm³/mol. The van der Waals surface area contributed by atoms with Gasteiger partial charge in [-0.05, 0) is 65.1 Å². The standard InChI is InChI=1S/C32H38N8O4/c1-41-28-16-23-9-12-39(20-24(23)17-31(28)44-15-14-40-13-10-35-21-40)11-8-22-4-6-25(7-5-22)36-38-37-32(34)26-18-29(42-2)30(43-3)19-27(26)33/h4-7,10,13,16-19,21H,8-9,11-12,14-15,20,33H2,1-3H3,(H2,34,36,37).